The highest BCUT2D eigenvalue weighted by Crippen LogP contribution is 2.27. The number of amides is 3. The molecule has 1 heterocycles. The van der Waals surface area contributed by atoms with Crippen molar-refractivity contribution in [1.29, 1.82) is 0 Å². The van der Waals surface area contributed by atoms with Crippen molar-refractivity contribution in [1.82, 2.24) is 9.71 Å². The quantitative estimate of drug-likeness (QED) is 0.0827. The second-order valence-electron chi connectivity index (χ2n) is 14.6. The maximum Gasteiger partial charge on any atom is 0.335 e. The van der Waals surface area contributed by atoms with E-state index < -0.39 is 27.8 Å². The minimum atomic E-state index is -3.68. The summed E-state index contributed by atoms with van der Waals surface area (Å²) in [6.07, 6.45) is 1.93. The molecule has 15 nitrogen and oxygen atoms in total. The molecule has 312 valence electrons. The molecule has 1 aromatic heterocycles. The minimum Gasteiger partial charge on any atom is -0.493 e. The van der Waals surface area contributed by atoms with E-state index in [4.69, 9.17) is 24.1 Å². The first kappa shape index (κ1) is 46.2. The molecule has 0 radical (unpaired) electrons. The van der Waals surface area contributed by atoms with Gasteiger partial charge < -0.3 is 34.7 Å². The van der Waals surface area contributed by atoms with Crippen LogP contribution < -0.4 is 34.3 Å². The molecule has 3 amide bonds. The second-order valence-corrected chi connectivity index (χ2v) is 16.3. The van der Waals surface area contributed by atoms with Gasteiger partial charge in [0.2, 0.25) is 10.0 Å². The number of nitrogens with zero attached hydrogens (tertiary/aromatic N) is 1. The number of hydrogen-bond donors (Lipinski definition) is 4. The van der Waals surface area contributed by atoms with E-state index >= 15 is 0 Å². The van der Waals surface area contributed by atoms with Crippen molar-refractivity contribution in [3.63, 3.8) is 0 Å². The molecule has 0 aliphatic carbocycles. The van der Waals surface area contributed by atoms with Gasteiger partial charge in [0.25, 0.3) is 17.7 Å². The third-order valence-electron chi connectivity index (χ3n) is 7.13. The van der Waals surface area contributed by atoms with E-state index in [2.05, 4.69) is 15.6 Å². The summed E-state index contributed by atoms with van der Waals surface area (Å²) in [5, 5.41) is 14.3. The van der Waals surface area contributed by atoms with Gasteiger partial charge in [0.1, 0.15) is 28.8 Å². The van der Waals surface area contributed by atoms with Gasteiger partial charge in [-0.3, -0.25) is 14.4 Å². The van der Waals surface area contributed by atoms with E-state index in [9.17, 15) is 27.6 Å². The number of aromatic carboxylic acids is 1. The first-order valence-electron chi connectivity index (χ1n) is 18.5. The smallest absolute Gasteiger partial charge is 0.335 e. The average Bonchev–Trinajstić information content (AvgIpc) is 3.12. The Hall–Kier alpha value is -6.16. The Balaban J connectivity index is 0.000000313. The van der Waals surface area contributed by atoms with Gasteiger partial charge in [-0.2, -0.15) is 0 Å². The number of aromatic nitrogens is 1. The van der Waals surface area contributed by atoms with Crippen LogP contribution in [0.4, 0.5) is 11.5 Å². The van der Waals surface area contributed by atoms with Crippen LogP contribution in [0.3, 0.4) is 0 Å². The first-order valence-corrected chi connectivity index (χ1v) is 20.4. The highest BCUT2D eigenvalue weighted by molar-refractivity contribution is 7.89. The lowest BCUT2D eigenvalue weighted by molar-refractivity contribution is 0.0696. The Morgan fingerprint density at radius 3 is 1.45 bits per heavy atom. The van der Waals surface area contributed by atoms with Crippen molar-refractivity contribution in [2.45, 2.75) is 67.6 Å². The Labute approximate surface area is 339 Å². The number of hydrogen-bond acceptors (Lipinski definition) is 11. The maximum absolute atomic E-state index is 12.7. The maximum atomic E-state index is 12.7. The van der Waals surface area contributed by atoms with Crippen LogP contribution in [0.2, 0.25) is 0 Å². The Morgan fingerprint density at radius 2 is 1.05 bits per heavy atom. The lowest BCUT2D eigenvalue weighted by Crippen LogP contribution is -2.29. The van der Waals surface area contributed by atoms with E-state index in [1.807, 2.05) is 60.1 Å². The van der Waals surface area contributed by atoms with Crippen LogP contribution in [-0.2, 0) is 10.0 Å². The third-order valence-corrected chi connectivity index (χ3v) is 7.69. The Morgan fingerprint density at radius 1 is 0.603 bits per heavy atom. The summed E-state index contributed by atoms with van der Waals surface area (Å²) in [6, 6.07) is 18.8. The normalized spacial score (nSPS) is 11.1. The molecule has 0 saturated carbocycles. The van der Waals surface area contributed by atoms with Crippen LogP contribution in [0.5, 0.6) is 23.0 Å². The summed E-state index contributed by atoms with van der Waals surface area (Å²) in [7, 11) is -3.68. The van der Waals surface area contributed by atoms with Crippen LogP contribution >= 0.6 is 0 Å². The van der Waals surface area contributed by atoms with Crippen molar-refractivity contribution >= 4 is 45.2 Å². The molecule has 0 unspecified atom stereocenters. The molecule has 16 heteroatoms. The van der Waals surface area contributed by atoms with Gasteiger partial charge in [0.05, 0.1) is 42.8 Å². The third kappa shape index (κ3) is 16.5. The number of ether oxygens (including phenoxy) is 4. The fourth-order valence-electron chi connectivity index (χ4n) is 4.70. The van der Waals surface area contributed by atoms with Crippen molar-refractivity contribution in [3.05, 3.63) is 101 Å². The summed E-state index contributed by atoms with van der Waals surface area (Å²) in [4.78, 5) is 52.1. The van der Waals surface area contributed by atoms with E-state index in [1.54, 1.807) is 48.5 Å². The number of pyridine rings is 1. The largest absolute Gasteiger partial charge is 0.493 e. The van der Waals surface area contributed by atoms with E-state index in [1.165, 1.54) is 30.5 Å². The molecule has 0 bridgehead atoms. The van der Waals surface area contributed by atoms with Gasteiger partial charge in [-0.15, -0.1) is 0 Å². The van der Waals surface area contributed by atoms with Crippen LogP contribution in [0.25, 0.3) is 0 Å². The molecule has 0 aliphatic heterocycles. The fraction of sp³-hybridized carbons (Fsp3) is 0.357. The zero-order valence-electron chi connectivity index (χ0n) is 34.1. The van der Waals surface area contributed by atoms with E-state index in [0.717, 1.165) is 6.26 Å². The molecular formula is C42H52N4O11S. The molecule has 0 atom stereocenters. The van der Waals surface area contributed by atoms with Crippen LogP contribution in [0.1, 0.15) is 96.8 Å². The number of anilines is 2. The fourth-order valence-corrected chi connectivity index (χ4v) is 5.15. The molecular weight excluding hydrogens is 769 g/mol. The lowest BCUT2D eigenvalue weighted by Gasteiger charge is -2.15. The number of nitrogens with one attached hydrogen (secondary N) is 3. The van der Waals surface area contributed by atoms with Gasteiger partial charge >= 0.3 is 5.97 Å². The first-order chi connectivity index (χ1) is 27.2. The van der Waals surface area contributed by atoms with Crippen LogP contribution in [0, 0.1) is 11.8 Å². The standard InChI is InChI=1S/C21H27N3O6S.C21H25NO5/c1-13(2)12-29-17-8-16(9-18(10-17)30-14(3)4)20(25)23-19-7-6-15(11-22-19)21(26)24-31(5,27)28;1-13(2)12-26-18-9-16(10-19(11-18)27-14(3)4)20(23)22-17-7-5-15(6-8-17)21(24)25/h6-11,13-14H,12H2,1-5H3,(H,24,26)(H,22,23,25);5-11,13-14H,12H2,1-4H3,(H,22,23)(H,24,25). The number of rotatable bonds is 17. The predicted octanol–water partition coefficient (Wildman–Crippen LogP) is 7.30. The number of carbonyl (C=O) groups excluding carboxylic acids is 3. The number of benzene rings is 3. The highest BCUT2D eigenvalue weighted by Gasteiger charge is 2.16. The molecule has 58 heavy (non-hydrogen) atoms. The Bertz CT molecular complexity index is 2140. The number of carbonyl (C=O) groups is 4. The number of carboxylic acid groups (broad SMARTS) is 1. The van der Waals surface area contributed by atoms with Crippen molar-refractivity contribution < 1.29 is 51.6 Å². The van der Waals surface area contributed by atoms with E-state index in [-0.39, 0.29) is 35.1 Å². The zero-order chi connectivity index (χ0) is 43.2. The molecule has 0 fully saturated rings. The van der Waals surface area contributed by atoms with Gasteiger partial charge in [-0.1, -0.05) is 27.7 Å². The zero-order valence-corrected chi connectivity index (χ0v) is 34.9. The van der Waals surface area contributed by atoms with Crippen molar-refractivity contribution in [3.8, 4) is 23.0 Å². The lowest BCUT2D eigenvalue weighted by atomic mass is 10.1. The van der Waals surface area contributed by atoms with E-state index in [0.29, 0.717) is 64.9 Å². The SMILES string of the molecule is CC(C)COc1cc(OC(C)C)cc(C(=O)Nc2ccc(C(=O)NS(C)(=O)=O)cn2)c1.CC(C)COc1cc(OC(C)C)cc(C(=O)Nc2ccc(C(=O)O)cc2)c1. The van der Waals surface area contributed by atoms with Crippen LogP contribution in [-0.4, -0.2) is 73.9 Å². The van der Waals surface area contributed by atoms with Crippen molar-refractivity contribution in [2.75, 3.05) is 30.1 Å². The number of sulfonamides is 1. The van der Waals surface area contributed by atoms with Gasteiger partial charge in [0.15, 0.2) is 0 Å². The van der Waals surface area contributed by atoms with Gasteiger partial charge in [-0.25, -0.2) is 22.9 Å². The summed E-state index contributed by atoms with van der Waals surface area (Å²) < 4.78 is 47.1. The molecule has 4 rings (SSSR count). The summed E-state index contributed by atoms with van der Waals surface area (Å²) >= 11 is 0. The number of carboxylic acids is 1. The Kier molecular flexibility index (Phi) is 17.0. The molecule has 0 saturated heterocycles. The van der Waals surface area contributed by atoms with Crippen molar-refractivity contribution in [2.24, 2.45) is 11.8 Å². The predicted molar refractivity (Wildman–Crippen MR) is 221 cm³/mol. The summed E-state index contributed by atoms with van der Waals surface area (Å²) in [5.41, 5.74) is 1.42. The average molecular weight is 821 g/mol. The topological polar surface area (TPSA) is 209 Å². The van der Waals surface area contributed by atoms with Gasteiger partial charge in [0, 0.05) is 35.1 Å². The molecule has 4 N–H and O–H groups in total. The summed E-state index contributed by atoms with van der Waals surface area (Å²) in [5.74, 6) is 0.397. The monoisotopic (exact) mass is 820 g/mol. The second kappa shape index (κ2) is 21.4. The molecule has 3 aromatic carbocycles. The summed E-state index contributed by atoms with van der Waals surface area (Å²) in [6.45, 7) is 16.7. The van der Waals surface area contributed by atoms with Crippen LogP contribution in [0.15, 0.2) is 79.0 Å². The highest BCUT2D eigenvalue weighted by atomic mass is 32.2. The molecule has 4 aromatic rings. The minimum absolute atomic E-state index is 0.0372. The molecule has 0 aliphatic rings. The van der Waals surface area contributed by atoms with Gasteiger partial charge in [-0.05, 0) is 100 Å². The molecule has 0 spiro atoms.